The van der Waals surface area contributed by atoms with Crippen molar-refractivity contribution in [3.8, 4) is 17.0 Å². The molecule has 1 unspecified atom stereocenters. The van der Waals surface area contributed by atoms with E-state index in [1.807, 2.05) is 24.1 Å². The molecule has 10 rings (SSSR count). The second-order valence-corrected chi connectivity index (χ2v) is 16.3. The molecule has 0 aliphatic carbocycles. The van der Waals surface area contributed by atoms with Crippen molar-refractivity contribution in [3.63, 3.8) is 0 Å². The molecule has 0 spiro atoms. The maximum absolute atomic E-state index is 12.7. The number of ether oxygens (including phenoxy) is 1. The molecular weight excluding hydrogens is 743 g/mol. The molecule has 3 aromatic heterocycles. The van der Waals surface area contributed by atoms with E-state index in [9.17, 15) is 9.59 Å². The van der Waals surface area contributed by atoms with Crippen molar-refractivity contribution in [1.82, 2.24) is 34.9 Å². The van der Waals surface area contributed by atoms with Crippen LogP contribution in [0.5, 0.6) is 5.88 Å². The molecule has 3 aromatic carbocycles. The first-order chi connectivity index (χ1) is 28.8. The largest absolute Gasteiger partial charge is 0.474 e. The third-order valence-corrected chi connectivity index (χ3v) is 12.6. The van der Waals surface area contributed by atoms with E-state index in [1.54, 1.807) is 0 Å². The van der Waals surface area contributed by atoms with Crippen molar-refractivity contribution in [2.45, 2.75) is 38.5 Å². The topological polar surface area (TPSA) is 146 Å². The number of para-hydroxylation sites is 1. The number of anilines is 5. The van der Waals surface area contributed by atoms with E-state index in [4.69, 9.17) is 14.8 Å². The number of rotatable bonds is 8. The number of aromatic nitrogens is 5. The number of amides is 2. The molecule has 4 aliphatic rings. The Morgan fingerprint density at radius 2 is 1.73 bits per heavy atom. The summed E-state index contributed by atoms with van der Waals surface area (Å²) in [6.45, 7) is 10.6. The molecule has 0 radical (unpaired) electrons. The van der Waals surface area contributed by atoms with Crippen molar-refractivity contribution in [3.05, 3.63) is 84.3 Å². The monoisotopic (exact) mass is 791 g/mol. The van der Waals surface area contributed by atoms with E-state index >= 15 is 0 Å². The van der Waals surface area contributed by atoms with Crippen molar-refractivity contribution in [2.24, 2.45) is 13.0 Å². The molecule has 1 atom stereocenters. The molecule has 3 fully saturated rings. The van der Waals surface area contributed by atoms with Gasteiger partial charge in [0.15, 0.2) is 0 Å². The Kier molecular flexibility index (Phi) is 9.71. The van der Waals surface area contributed by atoms with Crippen LogP contribution in [0.2, 0.25) is 0 Å². The van der Waals surface area contributed by atoms with Crippen LogP contribution in [0.25, 0.3) is 32.9 Å². The van der Waals surface area contributed by atoms with Gasteiger partial charge in [-0.25, -0.2) is 15.0 Å². The fourth-order valence-electron chi connectivity index (χ4n) is 9.37. The summed E-state index contributed by atoms with van der Waals surface area (Å²) in [6.07, 6.45) is 6.94. The van der Waals surface area contributed by atoms with Gasteiger partial charge in [-0.3, -0.25) is 24.5 Å². The second kappa shape index (κ2) is 15.5. The van der Waals surface area contributed by atoms with Crippen molar-refractivity contribution < 1.29 is 14.3 Å². The molecule has 7 heterocycles. The van der Waals surface area contributed by atoms with Crippen LogP contribution >= 0.6 is 0 Å². The average molecular weight is 792 g/mol. The normalized spacial score (nSPS) is 19.1. The summed E-state index contributed by atoms with van der Waals surface area (Å²) in [7, 11) is 1.95. The van der Waals surface area contributed by atoms with Crippen molar-refractivity contribution in [1.29, 1.82) is 0 Å². The molecule has 0 bridgehead atoms. The molecule has 3 saturated heterocycles. The number of nitrogens with one attached hydrogen (secondary N) is 3. The van der Waals surface area contributed by atoms with Gasteiger partial charge in [0.25, 0.3) is 0 Å². The van der Waals surface area contributed by atoms with Crippen molar-refractivity contribution >= 4 is 62.3 Å². The van der Waals surface area contributed by atoms with E-state index in [0.717, 1.165) is 114 Å². The number of carbonyl (C=O) groups excluding carboxylic acids is 2. The SMILES string of the molecule is Cc1c(-c2ccc3cnc(Nc4ccc(N5CCC(CN6CCN(c7cccc8c(C9CCC(=O)NC9=O)nn(C)c78)CC6)CC5)cc4)nc3c2)cnc2c1NCCO2. The third kappa shape index (κ3) is 7.26. The molecular formula is C45H49N11O3. The van der Waals surface area contributed by atoms with Crippen LogP contribution in [0.4, 0.5) is 28.7 Å². The van der Waals surface area contributed by atoms with Gasteiger partial charge >= 0.3 is 0 Å². The number of carbonyl (C=O) groups is 2. The Bertz CT molecular complexity index is 2560. The Labute approximate surface area is 343 Å². The number of piperazine rings is 1. The van der Waals surface area contributed by atoms with E-state index in [0.29, 0.717) is 37.2 Å². The summed E-state index contributed by atoms with van der Waals surface area (Å²) in [5, 5.41) is 16.1. The lowest BCUT2D eigenvalue weighted by Crippen LogP contribution is -2.49. The Hall–Kier alpha value is -6.28. The van der Waals surface area contributed by atoms with Gasteiger partial charge in [-0.15, -0.1) is 0 Å². The first-order valence-electron chi connectivity index (χ1n) is 20.9. The molecule has 2 amide bonds. The van der Waals surface area contributed by atoms with Gasteiger partial charge < -0.3 is 25.2 Å². The van der Waals surface area contributed by atoms with E-state index in [-0.39, 0.29) is 11.8 Å². The zero-order valence-corrected chi connectivity index (χ0v) is 33.6. The number of hydrogen-bond acceptors (Lipinski definition) is 12. The highest BCUT2D eigenvalue weighted by atomic mass is 16.5. The van der Waals surface area contributed by atoms with Crippen LogP contribution in [0.15, 0.2) is 73.1 Å². The molecule has 59 heavy (non-hydrogen) atoms. The fraction of sp³-hybridized carbons (Fsp3) is 0.378. The van der Waals surface area contributed by atoms with Gasteiger partial charge in [0, 0.05) is 106 Å². The van der Waals surface area contributed by atoms with E-state index < -0.39 is 5.92 Å². The first kappa shape index (κ1) is 37.0. The first-order valence-corrected chi connectivity index (χ1v) is 20.9. The minimum atomic E-state index is -0.401. The van der Waals surface area contributed by atoms with Crippen molar-refractivity contribution in [2.75, 3.05) is 79.4 Å². The van der Waals surface area contributed by atoms with Gasteiger partial charge in [-0.05, 0) is 79.6 Å². The third-order valence-electron chi connectivity index (χ3n) is 12.6. The minimum absolute atomic E-state index is 0.205. The van der Waals surface area contributed by atoms with Gasteiger partial charge in [0.1, 0.15) is 12.3 Å². The lowest BCUT2D eigenvalue weighted by molar-refractivity contribution is -0.134. The maximum Gasteiger partial charge on any atom is 0.237 e. The number of fused-ring (bicyclic) bond motifs is 3. The van der Waals surface area contributed by atoms with Gasteiger partial charge in [0.05, 0.1) is 28.3 Å². The number of nitrogens with zero attached hydrogens (tertiary/aromatic N) is 8. The highest BCUT2D eigenvalue weighted by Gasteiger charge is 2.33. The predicted molar refractivity (Wildman–Crippen MR) is 231 cm³/mol. The fourth-order valence-corrected chi connectivity index (χ4v) is 9.37. The summed E-state index contributed by atoms with van der Waals surface area (Å²) in [6, 6.07) is 21.2. The highest BCUT2D eigenvalue weighted by Crippen LogP contribution is 2.37. The highest BCUT2D eigenvalue weighted by molar-refractivity contribution is 6.03. The number of imide groups is 1. The predicted octanol–water partition coefficient (Wildman–Crippen LogP) is 5.99. The Balaban J connectivity index is 0.724. The summed E-state index contributed by atoms with van der Waals surface area (Å²) in [4.78, 5) is 46.1. The summed E-state index contributed by atoms with van der Waals surface area (Å²) < 4.78 is 7.64. The van der Waals surface area contributed by atoms with Crippen LogP contribution in [-0.4, -0.2) is 100 Å². The van der Waals surface area contributed by atoms with E-state index in [1.165, 1.54) is 18.5 Å². The summed E-state index contributed by atoms with van der Waals surface area (Å²) in [5.74, 6) is 1.05. The molecule has 14 nitrogen and oxygen atoms in total. The van der Waals surface area contributed by atoms with E-state index in [2.05, 4.69) is 108 Å². The number of hydrogen-bond donors (Lipinski definition) is 3. The smallest absolute Gasteiger partial charge is 0.237 e. The maximum atomic E-state index is 12.7. The van der Waals surface area contributed by atoms with Crippen LogP contribution in [-0.2, 0) is 16.6 Å². The van der Waals surface area contributed by atoms with Gasteiger partial charge in [0.2, 0.25) is 23.6 Å². The lowest BCUT2D eigenvalue weighted by atomic mass is 9.92. The number of piperidine rings is 2. The van der Waals surface area contributed by atoms with Crippen LogP contribution < -0.4 is 30.5 Å². The zero-order valence-electron chi connectivity index (χ0n) is 33.6. The molecule has 14 heteroatoms. The average Bonchev–Trinajstić information content (AvgIpc) is 3.60. The molecule has 302 valence electrons. The molecule has 0 saturated carbocycles. The standard InChI is InChI=1S/C45H49N11O3/c1-28-36(26-47-44-40(28)46-16-23-59-44)30-6-7-31-25-48-45(50-37(31)24-30)49-32-8-10-33(11-9-32)55-17-14-29(15-18-55)27-54-19-21-56(22-20-54)38-5-3-4-34-41(52-53(2)42(34)38)35-12-13-39(57)51-43(35)58/h3-11,24-26,29,35,46H,12-23,27H2,1-2H3,(H,48,49,50)(H,51,57,58). The molecule has 3 N–H and O–H groups in total. The van der Waals surface area contributed by atoms with Gasteiger partial charge in [-0.1, -0.05) is 24.3 Å². The quantitative estimate of drug-likeness (QED) is 0.156. The number of aryl methyl sites for hydroxylation is 1. The Morgan fingerprint density at radius 3 is 2.54 bits per heavy atom. The summed E-state index contributed by atoms with van der Waals surface area (Å²) in [5.41, 5.74) is 10.2. The molecule has 4 aliphatic heterocycles. The number of pyridine rings is 1. The second-order valence-electron chi connectivity index (χ2n) is 16.3. The zero-order chi connectivity index (χ0) is 40.0. The minimum Gasteiger partial charge on any atom is -0.474 e. The summed E-state index contributed by atoms with van der Waals surface area (Å²) >= 11 is 0. The van der Waals surface area contributed by atoms with Crippen LogP contribution in [0.3, 0.4) is 0 Å². The van der Waals surface area contributed by atoms with Crippen LogP contribution in [0, 0.1) is 12.8 Å². The Morgan fingerprint density at radius 1 is 0.898 bits per heavy atom. The molecule has 6 aromatic rings. The number of benzene rings is 3. The van der Waals surface area contributed by atoms with Gasteiger partial charge in [-0.2, -0.15) is 5.10 Å². The van der Waals surface area contributed by atoms with Crippen LogP contribution in [0.1, 0.15) is 42.9 Å². The lowest BCUT2D eigenvalue weighted by Gasteiger charge is -2.40.